The molecule has 1 aromatic heterocycles. The molecule has 0 atom stereocenters. The molecule has 0 bridgehead atoms. The zero-order valence-electron chi connectivity index (χ0n) is 11.4. The van der Waals surface area contributed by atoms with Gasteiger partial charge >= 0.3 is 0 Å². The smallest absolute Gasteiger partial charge is 0.0446 e. The highest BCUT2D eigenvalue weighted by Gasteiger charge is 2.34. The minimum atomic E-state index is -0.0815. The molecule has 90 valence electrons. The molecule has 0 aliphatic rings. The molecule has 1 rings (SSSR count). The fraction of sp³-hybridized carbons (Fsp3) is 0.643. The monoisotopic (exact) mass is 237 g/mol. The van der Waals surface area contributed by atoms with Crippen molar-refractivity contribution in [2.45, 2.75) is 58.0 Å². The van der Waals surface area contributed by atoms with Crippen LogP contribution in [0.5, 0.6) is 0 Å². The Kier molecular flexibility index (Phi) is 4.12. The molecule has 0 amide bonds. The number of nitrogens with zero attached hydrogens (tertiary/aromatic N) is 1. The SMILES string of the molecule is CC(C)(C)P(Cc1ccccn1)C(C)(C)C. The van der Waals surface area contributed by atoms with Crippen LogP contribution >= 0.6 is 7.92 Å². The molecule has 0 N–H and O–H groups in total. The number of rotatable bonds is 2. The Morgan fingerprint density at radius 2 is 1.56 bits per heavy atom. The fourth-order valence-corrected chi connectivity index (χ4v) is 5.61. The van der Waals surface area contributed by atoms with Crippen molar-refractivity contribution in [3.63, 3.8) is 0 Å². The summed E-state index contributed by atoms with van der Waals surface area (Å²) >= 11 is 0. The van der Waals surface area contributed by atoms with Gasteiger partial charge < -0.3 is 0 Å². The average Bonchev–Trinajstić information content (AvgIpc) is 2.12. The van der Waals surface area contributed by atoms with Gasteiger partial charge in [0.1, 0.15) is 0 Å². The second-order valence-corrected chi connectivity index (χ2v) is 10.1. The van der Waals surface area contributed by atoms with E-state index in [2.05, 4.69) is 58.7 Å². The van der Waals surface area contributed by atoms with Gasteiger partial charge in [-0.25, -0.2) is 0 Å². The lowest BCUT2D eigenvalue weighted by atomic mass is 10.2. The maximum Gasteiger partial charge on any atom is 0.0446 e. The predicted octanol–water partition coefficient (Wildman–Crippen LogP) is 4.66. The van der Waals surface area contributed by atoms with Crippen molar-refractivity contribution in [2.24, 2.45) is 0 Å². The van der Waals surface area contributed by atoms with E-state index >= 15 is 0 Å². The van der Waals surface area contributed by atoms with Crippen LogP contribution in [0.4, 0.5) is 0 Å². The van der Waals surface area contributed by atoms with Crippen LogP contribution in [0.2, 0.25) is 0 Å². The highest BCUT2D eigenvalue weighted by molar-refractivity contribution is 7.60. The van der Waals surface area contributed by atoms with Gasteiger partial charge in [0, 0.05) is 18.1 Å². The maximum absolute atomic E-state index is 4.46. The number of aromatic nitrogens is 1. The number of hydrogen-bond donors (Lipinski definition) is 0. The lowest BCUT2D eigenvalue weighted by Crippen LogP contribution is -2.26. The maximum atomic E-state index is 4.46. The van der Waals surface area contributed by atoms with Gasteiger partial charge in [0.05, 0.1) is 0 Å². The topological polar surface area (TPSA) is 12.9 Å². The molecule has 2 heteroatoms. The fourth-order valence-electron chi connectivity index (χ4n) is 2.13. The molecule has 1 aromatic rings. The lowest BCUT2D eigenvalue weighted by molar-refractivity contribution is 0.701. The minimum absolute atomic E-state index is 0.0815. The number of pyridine rings is 1. The van der Waals surface area contributed by atoms with Crippen LogP contribution in [-0.2, 0) is 6.16 Å². The second kappa shape index (κ2) is 4.84. The third kappa shape index (κ3) is 3.87. The van der Waals surface area contributed by atoms with Crippen molar-refractivity contribution in [2.75, 3.05) is 0 Å². The first-order valence-electron chi connectivity index (χ1n) is 5.89. The molecular formula is C14H24NP. The van der Waals surface area contributed by atoms with E-state index in [0.29, 0.717) is 10.3 Å². The summed E-state index contributed by atoms with van der Waals surface area (Å²) < 4.78 is 0. The summed E-state index contributed by atoms with van der Waals surface area (Å²) in [6.45, 7) is 14.1. The van der Waals surface area contributed by atoms with E-state index in [-0.39, 0.29) is 7.92 Å². The summed E-state index contributed by atoms with van der Waals surface area (Å²) in [7, 11) is -0.0815. The van der Waals surface area contributed by atoms with Crippen LogP contribution < -0.4 is 0 Å². The first-order valence-corrected chi connectivity index (χ1v) is 7.41. The van der Waals surface area contributed by atoms with Gasteiger partial charge in [-0.3, -0.25) is 4.98 Å². The normalized spacial score (nSPS) is 13.2. The van der Waals surface area contributed by atoms with Crippen molar-refractivity contribution in [1.82, 2.24) is 4.98 Å². The molecule has 0 fully saturated rings. The summed E-state index contributed by atoms with van der Waals surface area (Å²) in [6, 6.07) is 6.22. The van der Waals surface area contributed by atoms with Gasteiger partial charge in [0.25, 0.3) is 0 Å². The van der Waals surface area contributed by atoms with E-state index in [9.17, 15) is 0 Å². The largest absolute Gasteiger partial charge is 0.261 e. The molecule has 16 heavy (non-hydrogen) atoms. The molecule has 0 saturated heterocycles. The van der Waals surface area contributed by atoms with E-state index < -0.39 is 0 Å². The lowest BCUT2D eigenvalue weighted by Gasteiger charge is -2.41. The Morgan fingerprint density at radius 1 is 1.00 bits per heavy atom. The molecule has 0 spiro atoms. The molecule has 0 aliphatic heterocycles. The molecule has 0 unspecified atom stereocenters. The summed E-state index contributed by atoms with van der Waals surface area (Å²) in [6.07, 6.45) is 3.03. The molecule has 0 aliphatic carbocycles. The zero-order valence-corrected chi connectivity index (χ0v) is 12.3. The van der Waals surface area contributed by atoms with E-state index in [1.807, 2.05) is 12.3 Å². The van der Waals surface area contributed by atoms with Crippen molar-refractivity contribution in [1.29, 1.82) is 0 Å². The Balaban J connectivity index is 2.89. The standard InChI is InChI=1S/C14H24NP/c1-13(2,3)16(14(4,5)6)11-12-9-7-8-10-15-12/h7-10H,11H2,1-6H3. The average molecular weight is 237 g/mol. The Bertz CT molecular complexity index is 305. The van der Waals surface area contributed by atoms with Gasteiger partial charge in [-0.1, -0.05) is 55.5 Å². The van der Waals surface area contributed by atoms with Crippen LogP contribution in [-0.4, -0.2) is 15.3 Å². The van der Waals surface area contributed by atoms with Gasteiger partial charge in [-0.15, -0.1) is 0 Å². The minimum Gasteiger partial charge on any atom is -0.261 e. The van der Waals surface area contributed by atoms with Gasteiger partial charge in [-0.2, -0.15) is 0 Å². The van der Waals surface area contributed by atoms with Gasteiger partial charge in [0.15, 0.2) is 0 Å². The van der Waals surface area contributed by atoms with E-state index in [0.717, 1.165) is 6.16 Å². The molecule has 0 radical (unpaired) electrons. The van der Waals surface area contributed by atoms with Gasteiger partial charge in [0.2, 0.25) is 0 Å². The van der Waals surface area contributed by atoms with E-state index in [4.69, 9.17) is 0 Å². The Hall–Kier alpha value is -0.420. The zero-order chi connectivity index (χ0) is 12.4. The van der Waals surface area contributed by atoms with Crippen LogP contribution in [0.15, 0.2) is 24.4 Å². The summed E-state index contributed by atoms with van der Waals surface area (Å²) in [5.41, 5.74) is 1.23. The van der Waals surface area contributed by atoms with E-state index in [1.165, 1.54) is 5.69 Å². The molecular weight excluding hydrogens is 213 g/mol. The van der Waals surface area contributed by atoms with E-state index in [1.54, 1.807) is 0 Å². The number of hydrogen-bond acceptors (Lipinski definition) is 1. The van der Waals surface area contributed by atoms with Crippen LogP contribution in [0.25, 0.3) is 0 Å². The summed E-state index contributed by atoms with van der Waals surface area (Å²) in [5, 5.41) is 0.760. The van der Waals surface area contributed by atoms with Crippen molar-refractivity contribution in [3.05, 3.63) is 30.1 Å². The molecule has 0 saturated carbocycles. The molecule has 0 aromatic carbocycles. The van der Waals surface area contributed by atoms with Crippen molar-refractivity contribution < 1.29 is 0 Å². The molecule has 1 heterocycles. The third-order valence-electron chi connectivity index (χ3n) is 2.67. The van der Waals surface area contributed by atoms with Crippen LogP contribution in [0.3, 0.4) is 0 Å². The first-order chi connectivity index (χ1) is 7.21. The Labute approximate surface area is 101 Å². The quantitative estimate of drug-likeness (QED) is 0.682. The third-order valence-corrected chi connectivity index (χ3v) is 6.54. The van der Waals surface area contributed by atoms with Crippen LogP contribution in [0.1, 0.15) is 47.2 Å². The highest BCUT2D eigenvalue weighted by atomic mass is 31.1. The molecule has 1 nitrogen and oxygen atoms in total. The Morgan fingerprint density at radius 3 is 1.94 bits per heavy atom. The van der Waals surface area contributed by atoms with Gasteiger partial charge in [-0.05, 0) is 22.4 Å². The van der Waals surface area contributed by atoms with Crippen LogP contribution in [0, 0.1) is 0 Å². The summed E-state index contributed by atoms with van der Waals surface area (Å²) in [4.78, 5) is 4.46. The van der Waals surface area contributed by atoms with Crippen molar-refractivity contribution >= 4 is 7.92 Å². The first kappa shape index (κ1) is 13.6. The highest BCUT2D eigenvalue weighted by Crippen LogP contribution is 2.60. The summed E-state index contributed by atoms with van der Waals surface area (Å²) in [5.74, 6) is 0. The predicted molar refractivity (Wildman–Crippen MR) is 74.4 cm³/mol. The van der Waals surface area contributed by atoms with Crippen molar-refractivity contribution in [3.8, 4) is 0 Å². The second-order valence-electron chi connectivity index (χ2n) is 6.25.